The molecule has 1 aromatic heterocycles. The van der Waals surface area contributed by atoms with Crippen molar-refractivity contribution in [1.82, 2.24) is 9.97 Å². The molecule has 0 saturated heterocycles. The average molecular weight is 235 g/mol. The Morgan fingerprint density at radius 3 is 2.79 bits per heavy atom. The molecule has 4 nitrogen and oxygen atoms in total. The van der Waals surface area contributed by atoms with E-state index in [9.17, 15) is 5.11 Å². The molecule has 0 fully saturated rings. The van der Waals surface area contributed by atoms with E-state index < -0.39 is 5.60 Å². The predicted octanol–water partition coefficient (Wildman–Crippen LogP) is 1.05. The first kappa shape index (κ1) is 11.7. The van der Waals surface area contributed by atoms with Crippen LogP contribution < -0.4 is 0 Å². The first-order valence-electron chi connectivity index (χ1n) is 3.91. The van der Waals surface area contributed by atoms with Crippen molar-refractivity contribution in [1.29, 1.82) is 0 Å². The number of hydrogen-bond acceptors (Lipinski definition) is 5. The van der Waals surface area contributed by atoms with Gasteiger partial charge in [0.05, 0.1) is 6.61 Å². The number of hydrogen-bond donors (Lipinski definition) is 2. The average Bonchev–Trinajstić information content (AvgIpc) is 2.17. The minimum atomic E-state index is -1.33. The van der Waals surface area contributed by atoms with Gasteiger partial charge in [0.25, 0.3) is 0 Å². The van der Waals surface area contributed by atoms with E-state index in [-0.39, 0.29) is 11.9 Å². The molecule has 2 N–H and O–H groups in total. The molecule has 1 heterocycles. The monoisotopic (exact) mass is 234 g/mol. The second-order valence-corrected chi connectivity index (χ2v) is 4.13. The fourth-order valence-electron chi connectivity index (χ4n) is 0.956. The van der Waals surface area contributed by atoms with Crippen LogP contribution >= 0.6 is 23.4 Å². The van der Waals surface area contributed by atoms with Crippen molar-refractivity contribution < 1.29 is 10.2 Å². The van der Waals surface area contributed by atoms with Gasteiger partial charge in [0.1, 0.15) is 10.6 Å². The molecule has 0 radical (unpaired) electrons. The number of halogens is 1. The van der Waals surface area contributed by atoms with Crippen LogP contribution in [0.25, 0.3) is 0 Å². The summed E-state index contributed by atoms with van der Waals surface area (Å²) in [5.74, 6) is 0. The predicted molar refractivity (Wildman–Crippen MR) is 55.5 cm³/mol. The summed E-state index contributed by atoms with van der Waals surface area (Å²) in [4.78, 5) is 7.72. The van der Waals surface area contributed by atoms with Crippen LogP contribution in [0.1, 0.15) is 12.5 Å². The number of aliphatic hydroxyl groups is 2. The minimum absolute atomic E-state index is 0.131. The van der Waals surface area contributed by atoms with E-state index in [0.717, 1.165) is 0 Å². The maximum absolute atomic E-state index is 9.81. The minimum Gasteiger partial charge on any atom is -0.393 e. The lowest BCUT2D eigenvalue weighted by atomic mass is 10.0. The van der Waals surface area contributed by atoms with Crippen molar-refractivity contribution in [2.24, 2.45) is 0 Å². The van der Waals surface area contributed by atoms with Gasteiger partial charge in [0.2, 0.25) is 5.28 Å². The number of aromatic nitrogens is 2. The summed E-state index contributed by atoms with van der Waals surface area (Å²) in [6.07, 6.45) is 3.24. The van der Waals surface area contributed by atoms with Gasteiger partial charge >= 0.3 is 0 Å². The Bertz CT molecular complexity index is 333. The van der Waals surface area contributed by atoms with E-state index in [1.54, 1.807) is 0 Å². The van der Waals surface area contributed by atoms with Crippen molar-refractivity contribution in [3.05, 3.63) is 17.0 Å². The smallest absolute Gasteiger partial charge is 0.223 e. The van der Waals surface area contributed by atoms with Crippen LogP contribution in [0.2, 0.25) is 5.28 Å². The molecule has 0 aliphatic rings. The van der Waals surface area contributed by atoms with E-state index in [0.29, 0.717) is 10.6 Å². The zero-order valence-corrected chi connectivity index (χ0v) is 9.43. The van der Waals surface area contributed by atoms with Gasteiger partial charge in [-0.25, -0.2) is 9.97 Å². The van der Waals surface area contributed by atoms with Crippen LogP contribution in [-0.4, -0.2) is 33.0 Å². The number of nitrogens with zero attached hydrogens (tertiary/aromatic N) is 2. The normalized spacial score (nSPS) is 15.2. The zero-order chi connectivity index (χ0) is 10.8. The van der Waals surface area contributed by atoms with Crippen LogP contribution in [0.3, 0.4) is 0 Å². The molecule has 0 aromatic carbocycles. The second-order valence-electron chi connectivity index (χ2n) is 2.99. The largest absolute Gasteiger partial charge is 0.393 e. The summed E-state index contributed by atoms with van der Waals surface area (Å²) in [6, 6.07) is 0. The van der Waals surface area contributed by atoms with Crippen LogP contribution in [0.15, 0.2) is 11.2 Å². The highest BCUT2D eigenvalue weighted by Crippen LogP contribution is 2.28. The molecule has 78 valence electrons. The lowest BCUT2D eigenvalue weighted by Crippen LogP contribution is -2.27. The Kier molecular flexibility index (Phi) is 3.71. The number of rotatable bonds is 3. The van der Waals surface area contributed by atoms with Crippen molar-refractivity contribution in [3.63, 3.8) is 0 Å². The second kappa shape index (κ2) is 4.44. The van der Waals surface area contributed by atoms with Crippen LogP contribution in [0, 0.1) is 0 Å². The van der Waals surface area contributed by atoms with Gasteiger partial charge in [-0.2, -0.15) is 0 Å². The van der Waals surface area contributed by atoms with E-state index in [4.69, 9.17) is 16.7 Å². The Hall–Kier alpha value is -0.360. The van der Waals surface area contributed by atoms with Crippen molar-refractivity contribution in [2.45, 2.75) is 17.6 Å². The summed E-state index contributed by atoms with van der Waals surface area (Å²) >= 11 is 6.95. The highest BCUT2D eigenvalue weighted by molar-refractivity contribution is 7.98. The summed E-state index contributed by atoms with van der Waals surface area (Å²) in [6.45, 7) is 1.12. The molecular weight excluding hydrogens is 224 g/mol. The molecule has 0 bridgehead atoms. The van der Waals surface area contributed by atoms with Crippen LogP contribution in [0.5, 0.6) is 0 Å². The van der Waals surface area contributed by atoms with Gasteiger partial charge in [-0.1, -0.05) is 0 Å². The third-order valence-electron chi connectivity index (χ3n) is 1.81. The first-order chi connectivity index (χ1) is 6.51. The number of aliphatic hydroxyl groups excluding tert-OH is 1. The molecule has 0 saturated carbocycles. The molecule has 6 heteroatoms. The molecule has 0 spiro atoms. The summed E-state index contributed by atoms with van der Waals surface area (Å²) in [5, 5.41) is 19.5. The molecule has 0 aliphatic carbocycles. The van der Waals surface area contributed by atoms with E-state index >= 15 is 0 Å². The standard InChI is InChI=1S/C8H11ClN2O2S/c1-8(13,4-12)5-3-10-7(9)11-6(5)14-2/h3,12-13H,4H2,1-2H3. The van der Waals surface area contributed by atoms with Gasteiger partial charge in [0.15, 0.2) is 0 Å². The van der Waals surface area contributed by atoms with E-state index in [1.807, 2.05) is 6.26 Å². The van der Waals surface area contributed by atoms with Gasteiger partial charge in [0, 0.05) is 11.8 Å². The molecule has 0 aliphatic heterocycles. The summed E-state index contributed by atoms with van der Waals surface area (Å²) < 4.78 is 0. The zero-order valence-electron chi connectivity index (χ0n) is 7.86. The molecule has 1 aromatic rings. The number of thioether (sulfide) groups is 1. The molecule has 0 amide bonds. The highest BCUT2D eigenvalue weighted by Gasteiger charge is 2.26. The van der Waals surface area contributed by atoms with Crippen molar-refractivity contribution in [3.8, 4) is 0 Å². The first-order valence-corrected chi connectivity index (χ1v) is 5.52. The molecule has 1 unspecified atom stereocenters. The Morgan fingerprint density at radius 1 is 1.64 bits per heavy atom. The molecule has 1 rings (SSSR count). The quantitative estimate of drug-likeness (QED) is 0.465. The maximum Gasteiger partial charge on any atom is 0.223 e. The Labute approximate surface area is 91.3 Å². The van der Waals surface area contributed by atoms with E-state index in [1.165, 1.54) is 24.9 Å². The van der Waals surface area contributed by atoms with Crippen molar-refractivity contribution in [2.75, 3.05) is 12.9 Å². The lowest BCUT2D eigenvalue weighted by Gasteiger charge is -2.21. The van der Waals surface area contributed by atoms with E-state index in [2.05, 4.69) is 9.97 Å². The van der Waals surface area contributed by atoms with Gasteiger partial charge < -0.3 is 10.2 Å². The third kappa shape index (κ3) is 2.36. The van der Waals surface area contributed by atoms with Crippen LogP contribution in [-0.2, 0) is 5.60 Å². The fourth-order valence-corrected chi connectivity index (χ4v) is 1.81. The summed E-state index contributed by atoms with van der Waals surface area (Å²) in [7, 11) is 0. The maximum atomic E-state index is 9.81. The molecule has 1 atom stereocenters. The van der Waals surface area contributed by atoms with Gasteiger partial charge in [-0.3, -0.25) is 0 Å². The fraction of sp³-hybridized carbons (Fsp3) is 0.500. The topological polar surface area (TPSA) is 66.2 Å². The SMILES string of the molecule is CSc1nc(Cl)ncc1C(C)(O)CO. The van der Waals surface area contributed by atoms with Gasteiger partial charge in [-0.15, -0.1) is 11.8 Å². The Morgan fingerprint density at radius 2 is 2.29 bits per heavy atom. The highest BCUT2D eigenvalue weighted by atomic mass is 35.5. The molecule has 14 heavy (non-hydrogen) atoms. The third-order valence-corrected chi connectivity index (χ3v) is 2.69. The Balaban J connectivity index is 3.20. The summed E-state index contributed by atoms with van der Waals surface area (Å²) in [5.41, 5.74) is -0.847. The van der Waals surface area contributed by atoms with Crippen molar-refractivity contribution >= 4 is 23.4 Å². The van der Waals surface area contributed by atoms with Crippen LogP contribution in [0.4, 0.5) is 0 Å². The molecular formula is C8H11ClN2O2S. The lowest BCUT2D eigenvalue weighted by molar-refractivity contribution is -0.00524. The van der Waals surface area contributed by atoms with Gasteiger partial charge in [-0.05, 0) is 24.8 Å².